The monoisotopic (exact) mass is 255 g/mol. The zero-order chi connectivity index (χ0) is 14.1. The fourth-order valence-corrected chi connectivity index (χ4v) is 1.37. The number of hydrogen-bond acceptors (Lipinski definition) is 4. The molecular formula is C13H21NO4. The number of aryl methyl sites for hydroxylation is 1. The number of hydrogen-bond donors (Lipinski definition) is 3. The Morgan fingerprint density at radius 2 is 1.94 bits per heavy atom. The molecule has 0 saturated heterocycles. The zero-order valence-corrected chi connectivity index (χ0v) is 11.5. The molecule has 0 fully saturated rings. The molecule has 18 heavy (non-hydrogen) atoms. The van der Waals surface area contributed by atoms with Crippen molar-refractivity contribution < 1.29 is 19.4 Å². The van der Waals surface area contributed by atoms with Gasteiger partial charge in [0.1, 0.15) is 5.76 Å². The lowest BCUT2D eigenvalue weighted by Gasteiger charge is -2.38. The van der Waals surface area contributed by atoms with E-state index in [1.807, 2.05) is 13.8 Å². The largest absolute Gasteiger partial charge is 0.475 e. The van der Waals surface area contributed by atoms with Gasteiger partial charge in [-0.2, -0.15) is 0 Å². The Bertz CT molecular complexity index is 440. The lowest BCUT2D eigenvalue weighted by molar-refractivity contribution is -0.00609. The number of carboxylic acid groups (broad SMARTS) is 1. The van der Waals surface area contributed by atoms with Crippen LogP contribution in [0.25, 0.3) is 0 Å². The van der Waals surface area contributed by atoms with Gasteiger partial charge in [0.15, 0.2) is 0 Å². The molecule has 0 spiro atoms. The second kappa shape index (κ2) is 4.74. The second-order valence-corrected chi connectivity index (χ2v) is 5.57. The molecule has 0 atom stereocenters. The number of carboxylic acids is 1. The Kier molecular flexibility index (Phi) is 3.88. The summed E-state index contributed by atoms with van der Waals surface area (Å²) in [5.74, 6) is -0.560. The molecule has 1 aromatic rings. The van der Waals surface area contributed by atoms with Crippen molar-refractivity contribution in [3.8, 4) is 0 Å². The minimum absolute atomic E-state index is 0.0344. The van der Waals surface area contributed by atoms with E-state index in [1.54, 1.807) is 26.8 Å². The number of nitrogens with one attached hydrogen (secondary N) is 1. The predicted molar refractivity (Wildman–Crippen MR) is 67.6 cm³/mol. The van der Waals surface area contributed by atoms with Crippen LogP contribution >= 0.6 is 0 Å². The maximum Gasteiger partial charge on any atom is 0.372 e. The lowest BCUT2D eigenvalue weighted by Crippen LogP contribution is -2.55. The fraction of sp³-hybridized carbons (Fsp3) is 0.615. The van der Waals surface area contributed by atoms with Crippen LogP contribution < -0.4 is 5.32 Å². The Morgan fingerprint density at radius 3 is 2.33 bits per heavy atom. The molecule has 0 radical (unpaired) electrons. The standard InChI is InChI=1S/C13H21NO4/c1-8-6-9(18-10(8)11(15)16)7-14-12(2,3)13(4,5)17/h6,14,17H,7H2,1-5H3,(H,15,16). The summed E-state index contributed by atoms with van der Waals surface area (Å²) in [6.07, 6.45) is 0. The first-order valence-corrected chi connectivity index (χ1v) is 5.84. The van der Waals surface area contributed by atoms with Gasteiger partial charge in [-0.1, -0.05) is 0 Å². The number of furan rings is 1. The summed E-state index contributed by atoms with van der Waals surface area (Å²) in [7, 11) is 0. The van der Waals surface area contributed by atoms with Crippen LogP contribution in [-0.4, -0.2) is 27.3 Å². The van der Waals surface area contributed by atoms with Crippen molar-refractivity contribution >= 4 is 5.97 Å². The zero-order valence-electron chi connectivity index (χ0n) is 11.5. The van der Waals surface area contributed by atoms with E-state index in [2.05, 4.69) is 5.32 Å². The van der Waals surface area contributed by atoms with E-state index in [0.717, 1.165) is 0 Å². The molecule has 0 bridgehead atoms. The second-order valence-electron chi connectivity index (χ2n) is 5.57. The van der Waals surface area contributed by atoms with Crippen LogP contribution in [0, 0.1) is 6.92 Å². The van der Waals surface area contributed by atoms with Crippen LogP contribution in [0.3, 0.4) is 0 Å². The summed E-state index contributed by atoms with van der Waals surface area (Å²) < 4.78 is 5.24. The number of aromatic carboxylic acids is 1. The average Bonchev–Trinajstić information content (AvgIpc) is 2.55. The van der Waals surface area contributed by atoms with Crippen LogP contribution in [0.5, 0.6) is 0 Å². The highest BCUT2D eigenvalue weighted by molar-refractivity contribution is 5.86. The topological polar surface area (TPSA) is 82.7 Å². The van der Waals surface area contributed by atoms with Crippen LogP contribution in [-0.2, 0) is 6.54 Å². The highest BCUT2D eigenvalue weighted by atomic mass is 16.4. The van der Waals surface area contributed by atoms with Gasteiger partial charge in [-0.15, -0.1) is 0 Å². The van der Waals surface area contributed by atoms with E-state index in [-0.39, 0.29) is 5.76 Å². The molecule has 3 N–H and O–H groups in total. The quantitative estimate of drug-likeness (QED) is 0.748. The van der Waals surface area contributed by atoms with Gasteiger partial charge >= 0.3 is 5.97 Å². The normalized spacial score (nSPS) is 12.8. The predicted octanol–water partition coefficient (Wildman–Crippen LogP) is 1.93. The van der Waals surface area contributed by atoms with E-state index in [4.69, 9.17) is 9.52 Å². The van der Waals surface area contributed by atoms with E-state index in [1.165, 1.54) is 0 Å². The summed E-state index contributed by atoms with van der Waals surface area (Å²) in [5.41, 5.74) is -0.818. The molecule has 0 aliphatic rings. The van der Waals surface area contributed by atoms with E-state index >= 15 is 0 Å². The summed E-state index contributed by atoms with van der Waals surface area (Å²) in [6.45, 7) is 9.25. The first-order valence-electron chi connectivity index (χ1n) is 5.84. The summed E-state index contributed by atoms with van der Waals surface area (Å²) in [5, 5.41) is 22.0. The fourth-order valence-electron chi connectivity index (χ4n) is 1.37. The average molecular weight is 255 g/mol. The van der Waals surface area contributed by atoms with Crippen LogP contribution in [0.2, 0.25) is 0 Å². The molecule has 0 aliphatic carbocycles. The Hall–Kier alpha value is -1.33. The number of carbonyl (C=O) groups is 1. The number of rotatable bonds is 5. The van der Waals surface area contributed by atoms with Gasteiger partial charge in [0.05, 0.1) is 12.1 Å². The summed E-state index contributed by atoms with van der Waals surface area (Å²) in [4.78, 5) is 10.8. The van der Waals surface area contributed by atoms with Gasteiger partial charge in [-0.25, -0.2) is 4.79 Å². The van der Waals surface area contributed by atoms with Crippen molar-refractivity contribution in [1.82, 2.24) is 5.32 Å². The van der Waals surface area contributed by atoms with E-state index in [9.17, 15) is 9.90 Å². The molecule has 102 valence electrons. The molecule has 0 aromatic carbocycles. The molecule has 1 aromatic heterocycles. The van der Waals surface area contributed by atoms with Crippen molar-refractivity contribution in [2.75, 3.05) is 0 Å². The van der Waals surface area contributed by atoms with Crippen molar-refractivity contribution in [3.05, 3.63) is 23.2 Å². The molecule has 5 heteroatoms. The van der Waals surface area contributed by atoms with Crippen molar-refractivity contribution in [1.29, 1.82) is 0 Å². The summed E-state index contributed by atoms with van der Waals surface area (Å²) >= 11 is 0. The van der Waals surface area contributed by atoms with Gasteiger partial charge in [0.25, 0.3) is 0 Å². The Morgan fingerprint density at radius 1 is 1.39 bits per heavy atom. The van der Waals surface area contributed by atoms with Crippen LogP contribution in [0.4, 0.5) is 0 Å². The van der Waals surface area contributed by atoms with Crippen molar-refractivity contribution in [2.45, 2.75) is 52.3 Å². The lowest BCUT2D eigenvalue weighted by atomic mass is 9.86. The van der Waals surface area contributed by atoms with Crippen molar-refractivity contribution in [3.63, 3.8) is 0 Å². The molecule has 1 rings (SSSR count). The highest BCUT2D eigenvalue weighted by Crippen LogP contribution is 2.22. The smallest absolute Gasteiger partial charge is 0.372 e. The maximum absolute atomic E-state index is 10.8. The Labute approximate surface area is 107 Å². The Balaban J connectivity index is 2.76. The molecule has 0 saturated carbocycles. The molecule has 0 amide bonds. The maximum atomic E-state index is 10.8. The third kappa shape index (κ3) is 3.11. The van der Waals surface area contributed by atoms with Gasteiger partial charge in [0, 0.05) is 11.1 Å². The number of aliphatic hydroxyl groups is 1. The highest BCUT2D eigenvalue weighted by Gasteiger charge is 2.34. The van der Waals surface area contributed by atoms with Crippen molar-refractivity contribution in [2.24, 2.45) is 0 Å². The van der Waals surface area contributed by atoms with Gasteiger partial charge in [-0.3, -0.25) is 0 Å². The molecule has 5 nitrogen and oxygen atoms in total. The summed E-state index contributed by atoms with van der Waals surface area (Å²) in [6, 6.07) is 1.69. The molecule has 0 aliphatic heterocycles. The van der Waals surface area contributed by atoms with E-state index in [0.29, 0.717) is 17.9 Å². The van der Waals surface area contributed by atoms with Crippen LogP contribution in [0.15, 0.2) is 10.5 Å². The molecule has 1 heterocycles. The minimum atomic E-state index is -1.07. The first-order chi connectivity index (χ1) is 8.04. The van der Waals surface area contributed by atoms with Crippen LogP contribution in [0.1, 0.15) is 49.6 Å². The SMILES string of the molecule is Cc1cc(CNC(C)(C)C(C)(C)O)oc1C(=O)O. The van der Waals surface area contributed by atoms with Gasteiger partial charge in [-0.05, 0) is 40.7 Å². The minimum Gasteiger partial charge on any atom is -0.475 e. The first kappa shape index (κ1) is 14.7. The third-order valence-electron chi connectivity index (χ3n) is 3.40. The third-order valence-corrected chi connectivity index (χ3v) is 3.40. The van der Waals surface area contributed by atoms with E-state index < -0.39 is 17.1 Å². The molecular weight excluding hydrogens is 234 g/mol. The van der Waals surface area contributed by atoms with Gasteiger partial charge < -0.3 is 19.9 Å². The molecule has 0 unspecified atom stereocenters. The van der Waals surface area contributed by atoms with Gasteiger partial charge in [0.2, 0.25) is 5.76 Å².